The van der Waals surface area contributed by atoms with Crippen molar-refractivity contribution >= 4 is 0 Å². The van der Waals surface area contributed by atoms with Crippen LogP contribution < -0.4 is 51.4 Å². The first kappa shape index (κ1) is 17.1. The van der Waals surface area contributed by atoms with Gasteiger partial charge in [-0.1, -0.05) is 27.7 Å². The number of hydrogen-bond donors (Lipinski definition) is 0. The summed E-state index contributed by atoms with van der Waals surface area (Å²) in [6.45, 7) is 9.58. The largest absolute Gasteiger partial charge is 1.00 e. The van der Waals surface area contributed by atoms with E-state index in [2.05, 4.69) is 15.3 Å². The monoisotopic (exact) mass is 219 g/mol. The molecule has 74 valence electrons. The minimum atomic E-state index is 0. The molecule has 2 rings (SSSR count). The number of nitrogens with zero attached hydrogens (tertiary/aromatic N) is 3. The van der Waals surface area contributed by atoms with E-state index in [1.54, 1.807) is 6.33 Å². The van der Waals surface area contributed by atoms with Crippen LogP contribution in [0, 0.1) is 0 Å². The summed E-state index contributed by atoms with van der Waals surface area (Å²) in [6.07, 6.45) is 3.40. The van der Waals surface area contributed by atoms with Crippen molar-refractivity contribution < 1.29 is 51.4 Å². The van der Waals surface area contributed by atoms with Crippen molar-refractivity contribution in [1.29, 1.82) is 0 Å². The minimum absolute atomic E-state index is 0. The molecule has 0 radical (unpaired) electrons. The number of fused-ring (bicyclic) bond motifs is 1. The van der Waals surface area contributed by atoms with E-state index >= 15 is 0 Å². The maximum atomic E-state index is 4.15. The van der Waals surface area contributed by atoms with Crippen LogP contribution in [-0.2, 0) is 13.1 Å². The first-order valence-electron chi connectivity index (χ1n) is 4.88. The molecule has 4 heteroatoms. The number of rotatable bonds is 0. The van der Waals surface area contributed by atoms with Gasteiger partial charge in [0.2, 0.25) is 0 Å². The molecule has 0 bridgehead atoms. The van der Waals surface area contributed by atoms with Gasteiger partial charge in [-0.2, -0.15) is 0 Å². The van der Waals surface area contributed by atoms with Crippen LogP contribution in [0.3, 0.4) is 0 Å². The predicted octanol–water partition coefficient (Wildman–Crippen LogP) is -0.0797. The van der Waals surface area contributed by atoms with Crippen LogP contribution in [0.15, 0.2) is 12.5 Å². The predicted molar refractivity (Wildman–Crippen MR) is 55.5 cm³/mol. The molecule has 0 atom stereocenters. The molecule has 0 unspecified atom stereocenters. The van der Waals surface area contributed by atoms with Crippen molar-refractivity contribution in [3.63, 3.8) is 0 Å². The zero-order valence-corrected chi connectivity index (χ0v) is 13.0. The molecule has 1 aliphatic rings. The van der Waals surface area contributed by atoms with E-state index in [-0.39, 0.29) is 51.4 Å². The Morgan fingerprint density at radius 2 is 1.79 bits per heavy atom. The van der Waals surface area contributed by atoms with Gasteiger partial charge in [-0.3, -0.25) is 0 Å². The van der Waals surface area contributed by atoms with Gasteiger partial charge in [0, 0.05) is 11.9 Å². The SMILES string of the molecule is CC.CC.[K+].c1ncc2c(n1)C[N-]C2. The summed E-state index contributed by atoms with van der Waals surface area (Å²) in [6, 6.07) is 0. The van der Waals surface area contributed by atoms with Gasteiger partial charge in [0.1, 0.15) is 6.33 Å². The molecule has 0 fully saturated rings. The van der Waals surface area contributed by atoms with Crippen LogP contribution in [-0.4, -0.2) is 9.97 Å². The molecule has 0 aromatic carbocycles. The number of aromatic nitrogens is 2. The third-order valence-corrected chi connectivity index (χ3v) is 1.42. The van der Waals surface area contributed by atoms with Gasteiger partial charge in [-0.25, -0.2) is 9.97 Å². The average Bonchev–Trinajstić information content (AvgIpc) is 2.71. The molecular weight excluding hydrogens is 201 g/mol. The van der Waals surface area contributed by atoms with Crippen molar-refractivity contribution in [2.75, 3.05) is 0 Å². The Labute approximate surface area is 130 Å². The van der Waals surface area contributed by atoms with Gasteiger partial charge >= 0.3 is 51.4 Å². The van der Waals surface area contributed by atoms with Crippen molar-refractivity contribution in [2.24, 2.45) is 0 Å². The average molecular weight is 219 g/mol. The van der Waals surface area contributed by atoms with Crippen LogP contribution >= 0.6 is 0 Å². The quantitative estimate of drug-likeness (QED) is 0.573. The zero-order valence-electron chi connectivity index (χ0n) is 9.91. The summed E-state index contributed by atoms with van der Waals surface area (Å²) in [5, 5.41) is 4.15. The van der Waals surface area contributed by atoms with Crippen LogP contribution in [0.4, 0.5) is 0 Å². The maximum absolute atomic E-state index is 4.15. The third kappa shape index (κ3) is 5.53. The van der Waals surface area contributed by atoms with Crippen molar-refractivity contribution in [3.05, 3.63) is 29.1 Å². The van der Waals surface area contributed by atoms with Crippen LogP contribution in [0.25, 0.3) is 5.32 Å². The molecule has 0 aliphatic carbocycles. The first-order valence-corrected chi connectivity index (χ1v) is 4.88. The Balaban J connectivity index is 0. The van der Waals surface area contributed by atoms with Crippen LogP contribution in [0.1, 0.15) is 39.0 Å². The summed E-state index contributed by atoms with van der Waals surface area (Å²) in [5.74, 6) is 0. The van der Waals surface area contributed by atoms with E-state index in [4.69, 9.17) is 0 Å². The maximum Gasteiger partial charge on any atom is 1.00 e. The second-order valence-electron chi connectivity index (χ2n) is 2.03. The molecule has 14 heavy (non-hydrogen) atoms. The van der Waals surface area contributed by atoms with E-state index in [1.807, 2.05) is 33.9 Å². The van der Waals surface area contributed by atoms with Crippen molar-refractivity contribution in [1.82, 2.24) is 9.97 Å². The summed E-state index contributed by atoms with van der Waals surface area (Å²) < 4.78 is 0. The standard InChI is InChI=1S/C6H6N3.2C2H6.K/c1-5-2-8-4-9-6(5)3-7-1;2*1-2;/h2,4H,1,3H2;2*1-2H3;/q-1;;;+1. The molecular formula is C10H18KN3. The van der Waals surface area contributed by atoms with E-state index < -0.39 is 0 Å². The summed E-state index contributed by atoms with van der Waals surface area (Å²) >= 11 is 0. The summed E-state index contributed by atoms with van der Waals surface area (Å²) in [4.78, 5) is 7.94. The van der Waals surface area contributed by atoms with E-state index in [0.717, 1.165) is 18.8 Å². The third-order valence-electron chi connectivity index (χ3n) is 1.42. The fraction of sp³-hybridized carbons (Fsp3) is 0.600. The molecule has 2 heterocycles. The van der Waals surface area contributed by atoms with E-state index in [0.29, 0.717) is 0 Å². The molecule has 0 spiro atoms. The van der Waals surface area contributed by atoms with E-state index in [9.17, 15) is 0 Å². The van der Waals surface area contributed by atoms with Crippen molar-refractivity contribution in [3.8, 4) is 0 Å². The molecule has 3 nitrogen and oxygen atoms in total. The van der Waals surface area contributed by atoms with Crippen LogP contribution in [0.5, 0.6) is 0 Å². The molecule has 1 aliphatic heterocycles. The van der Waals surface area contributed by atoms with Gasteiger partial charge in [0.15, 0.2) is 0 Å². The van der Waals surface area contributed by atoms with Crippen LogP contribution in [0.2, 0.25) is 0 Å². The second-order valence-corrected chi connectivity index (χ2v) is 2.03. The molecule has 1 aromatic heterocycles. The Hall–Kier alpha value is 0.676. The van der Waals surface area contributed by atoms with Gasteiger partial charge < -0.3 is 5.32 Å². The molecule has 0 saturated heterocycles. The Bertz CT molecular complexity index is 205. The zero-order chi connectivity index (χ0) is 10.1. The van der Waals surface area contributed by atoms with Gasteiger partial charge in [0.25, 0.3) is 0 Å². The van der Waals surface area contributed by atoms with Gasteiger partial charge in [-0.05, 0) is 5.56 Å². The van der Waals surface area contributed by atoms with Gasteiger partial charge in [-0.15, -0.1) is 13.1 Å². The Morgan fingerprint density at radius 1 is 1.14 bits per heavy atom. The molecule has 1 aromatic rings. The topological polar surface area (TPSA) is 39.9 Å². The Kier molecular flexibility index (Phi) is 14.3. The van der Waals surface area contributed by atoms with Crippen molar-refractivity contribution in [2.45, 2.75) is 40.8 Å². The molecule has 0 amide bonds. The summed E-state index contributed by atoms with van der Waals surface area (Å²) in [7, 11) is 0. The molecule has 0 saturated carbocycles. The normalized spacial score (nSPS) is 10.9. The first-order chi connectivity index (χ1) is 6.47. The molecule has 0 N–H and O–H groups in total. The fourth-order valence-electron chi connectivity index (χ4n) is 0.940. The minimum Gasteiger partial charge on any atom is -0.653 e. The second kappa shape index (κ2) is 11.7. The fourth-order valence-corrected chi connectivity index (χ4v) is 0.940. The Morgan fingerprint density at radius 3 is 2.36 bits per heavy atom. The van der Waals surface area contributed by atoms with E-state index in [1.165, 1.54) is 5.56 Å². The number of hydrogen-bond acceptors (Lipinski definition) is 2. The summed E-state index contributed by atoms with van der Waals surface area (Å²) in [5.41, 5.74) is 2.27. The smallest absolute Gasteiger partial charge is 0.653 e. The van der Waals surface area contributed by atoms with Gasteiger partial charge in [0.05, 0.1) is 0 Å².